The second kappa shape index (κ2) is 13.6. The van der Waals surface area contributed by atoms with E-state index in [1.165, 1.54) is 14.2 Å². The van der Waals surface area contributed by atoms with Crippen LogP contribution in [0.5, 0.6) is 23.1 Å². The fourth-order valence-electron chi connectivity index (χ4n) is 3.92. The van der Waals surface area contributed by atoms with Crippen LogP contribution in [0, 0.1) is 0 Å². The lowest BCUT2D eigenvalue weighted by Crippen LogP contribution is -2.28. The van der Waals surface area contributed by atoms with Crippen LogP contribution in [0.4, 0.5) is 0 Å². The normalized spacial score (nSPS) is 11.1. The van der Waals surface area contributed by atoms with Crippen molar-refractivity contribution in [2.45, 2.75) is 26.2 Å². The number of rotatable bonds is 12. The molecule has 2 aromatic carbocycles. The summed E-state index contributed by atoms with van der Waals surface area (Å²) in [5.74, 6) is -0.407. The molecule has 0 aliphatic heterocycles. The molecule has 0 fully saturated rings. The molecular weight excluding hydrogens is 488 g/mol. The van der Waals surface area contributed by atoms with Crippen LogP contribution >= 0.6 is 0 Å². The van der Waals surface area contributed by atoms with E-state index in [0.29, 0.717) is 40.3 Å². The van der Waals surface area contributed by atoms with Gasteiger partial charge >= 0.3 is 0 Å². The van der Waals surface area contributed by atoms with E-state index in [-0.39, 0.29) is 36.3 Å². The van der Waals surface area contributed by atoms with E-state index in [0.717, 1.165) is 12.8 Å². The molecule has 10 heteroatoms. The summed E-state index contributed by atoms with van der Waals surface area (Å²) >= 11 is 0. The highest BCUT2D eigenvalue weighted by Gasteiger charge is 2.27. The van der Waals surface area contributed by atoms with Gasteiger partial charge in [0.2, 0.25) is 11.8 Å². The zero-order valence-electron chi connectivity index (χ0n) is 21.7. The number of aromatic nitrogens is 1. The summed E-state index contributed by atoms with van der Waals surface area (Å²) in [6.07, 6.45) is 2.15. The number of para-hydroxylation sites is 1. The van der Waals surface area contributed by atoms with Crippen molar-refractivity contribution in [2.24, 2.45) is 10.2 Å². The minimum absolute atomic E-state index is 0.0266. The number of carbonyl (C=O) groups is 1. The number of aromatic hydroxyl groups is 2. The molecule has 0 atom stereocenters. The molecule has 1 amide bonds. The largest absolute Gasteiger partial charge is 0.506 e. The number of nitrogens with zero attached hydrogens (tertiary/aromatic N) is 3. The van der Waals surface area contributed by atoms with Crippen molar-refractivity contribution in [1.82, 2.24) is 10.3 Å². The topological polar surface area (TPSA) is 135 Å². The number of unbranched alkanes of at least 4 members (excludes halogenated alkanes) is 1. The van der Waals surface area contributed by atoms with Crippen molar-refractivity contribution in [1.29, 1.82) is 0 Å². The molecule has 10 nitrogen and oxygen atoms in total. The van der Waals surface area contributed by atoms with Crippen molar-refractivity contribution in [3.05, 3.63) is 65.4 Å². The summed E-state index contributed by atoms with van der Waals surface area (Å²) in [5, 5.41) is 32.5. The first kappa shape index (κ1) is 28.0. The fraction of sp³-hybridized carbons (Fsp3) is 0.286. The zero-order chi connectivity index (χ0) is 27.5. The van der Waals surface area contributed by atoms with Gasteiger partial charge in [-0.3, -0.25) is 4.79 Å². The number of hydrogen-bond donors (Lipinski definition) is 3. The van der Waals surface area contributed by atoms with Gasteiger partial charge in [-0.05, 0) is 31.0 Å². The third-order valence-electron chi connectivity index (χ3n) is 5.70. The van der Waals surface area contributed by atoms with Crippen molar-refractivity contribution in [2.75, 3.05) is 27.4 Å². The molecule has 0 radical (unpaired) electrons. The first-order chi connectivity index (χ1) is 18.5. The lowest BCUT2D eigenvalue weighted by molar-refractivity contribution is 0.0946. The standard InChI is InChI=1S/C28H32N4O6/c1-5-6-14-20-22(19-13-10-15-21(36-3)25(19)37-4)24(33)23(27(35)31-20)28(32-29-2)38-17-16-30-26(34)18-11-8-7-9-12-18/h7-13,15H,2,5-6,14,16-17H2,1,3-4H3,(H,30,34)(H2,31,33,35)/b32-28-. The molecule has 38 heavy (non-hydrogen) atoms. The molecule has 0 unspecified atom stereocenters. The number of methoxy groups -OCH3 is 2. The van der Waals surface area contributed by atoms with Crippen LogP contribution in [0.2, 0.25) is 0 Å². The van der Waals surface area contributed by atoms with Crippen LogP contribution in [0.15, 0.2) is 58.7 Å². The number of ether oxygens (including phenoxy) is 3. The smallest absolute Gasteiger partial charge is 0.251 e. The molecule has 3 N–H and O–H groups in total. The summed E-state index contributed by atoms with van der Waals surface area (Å²) in [6, 6.07) is 14.0. The van der Waals surface area contributed by atoms with Gasteiger partial charge in [0.25, 0.3) is 5.91 Å². The lowest BCUT2D eigenvalue weighted by atomic mass is 9.96. The number of nitrogens with one attached hydrogen (secondary N) is 1. The van der Waals surface area contributed by atoms with Gasteiger partial charge in [-0.25, -0.2) is 4.98 Å². The van der Waals surface area contributed by atoms with Crippen LogP contribution in [0.3, 0.4) is 0 Å². The molecule has 200 valence electrons. The maximum absolute atomic E-state index is 12.3. The molecule has 0 saturated heterocycles. The molecule has 0 spiro atoms. The maximum atomic E-state index is 12.3. The van der Waals surface area contributed by atoms with Gasteiger partial charge < -0.3 is 29.7 Å². The molecule has 0 saturated carbocycles. The molecule has 0 aliphatic rings. The predicted molar refractivity (Wildman–Crippen MR) is 146 cm³/mol. The minimum Gasteiger partial charge on any atom is -0.506 e. The minimum atomic E-state index is -0.477. The van der Waals surface area contributed by atoms with E-state index in [4.69, 9.17) is 14.2 Å². The number of pyridine rings is 1. The van der Waals surface area contributed by atoms with E-state index in [1.807, 2.05) is 13.0 Å². The highest BCUT2D eigenvalue weighted by molar-refractivity contribution is 6.02. The highest BCUT2D eigenvalue weighted by atomic mass is 16.5. The number of benzene rings is 2. The second-order valence-electron chi connectivity index (χ2n) is 8.14. The molecule has 1 heterocycles. The number of hydrogen-bond acceptors (Lipinski definition) is 9. The summed E-state index contributed by atoms with van der Waals surface area (Å²) in [6.45, 7) is 5.50. The predicted octanol–water partition coefficient (Wildman–Crippen LogP) is 4.33. The Balaban J connectivity index is 1.98. The Labute approximate surface area is 221 Å². The van der Waals surface area contributed by atoms with E-state index < -0.39 is 5.88 Å². The first-order valence-corrected chi connectivity index (χ1v) is 12.1. The highest BCUT2D eigenvalue weighted by Crippen LogP contribution is 2.46. The third-order valence-corrected chi connectivity index (χ3v) is 5.70. The van der Waals surface area contributed by atoms with Crippen LogP contribution in [-0.4, -0.2) is 61.1 Å². The zero-order valence-corrected chi connectivity index (χ0v) is 21.7. The summed E-state index contributed by atoms with van der Waals surface area (Å²) in [7, 11) is 3.02. The Kier molecular flexibility index (Phi) is 10.0. The van der Waals surface area contributed by atoms with E-state index in [2.05, 4.69) is 27.2 Å². The summed E-state index contributed by atoms with van der Waals surface area (Å²) in [5.41, 5.74) is 1.68. The number of aryl methyl sites for hydroxylation is 1. The first-order valence-electron chi connectivity index (χ1n) is 12.1. The number of amides is 1. The SMILES string of the molecule is C=N/N=C(\OCCNC(=O)c1ccccc1)c1c(O)nc(CCCC)c(-c2cccc(OC)c2OC)c1O. The van der Waals surface area contributed by atoms with Gasteiger partial charge in [0.1, 0.15) is 17.9 Å². The van der Waals surface area contributed by atoms with Gasteiger partial charge in [0.05, 0.1) is 32.0 Å². The van der Waals surface area contributed by atoms with Gasteiger partial charge in [0.15, 0.2) is 11.5 Å². The molecule has 3 aromatic rings. The van der Waals surface area contributed by atoms with Crippen molar-refractivity contribution in [3.8, 4) is 34.3 Å². The van der Waals surface area contributed by atoms with Gasteiger partial charge in [0, 0.05) is 17.8 Å². The molecule has 0 bridgehead atoms. The second-order valence-corrected chi connectivity index (χ2v) is 8.14. The van der Waals surface area contributed by atoms with Crippen LogP contribution in [0.1, 0.15) is 41.4 Å². The third kappa shape index (κ3) is 6.39. The molecular formula is C28H32N4O6. The van der Waals surface area contributed by atoms with Gasteiger partial charge in [-0.15, -0.1) is 5.10 Å². The summed E-state index contributed by atoms with van der Waals surface area (Å²) in [4.78, 5) is 16.7. The Morgan fingerprint density at radius 2 is 1.84 bits per heavy atom. The van der Waals surface area contributed by atoms with Crippen molar-refractivity contribution in [3.63, 3.8) is 0 Å². The number of carbonyl (C=O) groups excluding carboxylic acids is 1. The van der Waals surface area contributed by atoms with Crippen LogP contribution < -0.4 is 14.8 Å². The molecule has 1 aromatic heterocycles. The Bertz CT molecular complexity index is 1290. The Hall–Kier alpha value is -4.60. The summed E-state index contributed by atoms with van der Waals surface area (Å²) < 4.78 is 16.7. The average Bonchev–Trinajstić information content (AvgIpc) is 2.93. The van der Waals surface area contributed by atoms with E-state index in [9.17, 15) is 15.0 Å². The van der Waals surface area contributed by atoms with Gasteiger partial charge in [-0.2, -0.15) is 5.10 Å². The molecule has 3 rings (SSSR count). The monoisotopic (exact) mass is 520 g/mol. The van der Waals surface area contributed by atoms with E-state index in [1.54, 1.807) is 42.5 Å². The van der Waals surface area contributed by atoms with Gasteiger partial charge in [-0.1, -0.05) is 43.7 Å². The molecule has 0 aliphatic carbocycles. The van der Waals surface area contributed by atoms with Crippen molar-refractivity contribution < 1.29 is 29.2 Å². The van der Waals surface area contributed by atoms with Crippen LogP contribution in [-0.2, 0) is 11.2 Å². The average molecular weight is 521 g/mol. The quantitative estimate of drug-likeness (QED) is 0.140. The fourth-order valence-corrected chi connectivity index (χ4v) is 3.92. The van der Waals surface area contributed by atoms with E-state index >= 15 is 0 Å². The van der Waals surface area contributed by atoms with Crippen molar-refractivity contribution >= 4 is 18.5 Å². The maximum Gasteiger partial charge on any atom is 0.251 e. The Morgan fingerprint density at radius 3 is 2.50 bits per heavy atom. The van der Waals surface area contributed by atoms with Crippen LogP contribution in [0.25, 0.3) is 11.1 Å². The lowest BCUT2D eigenvalue weighted by Gasteiger charge is -2.19. The Morgan fingerprint density at radius 1 is 1.08 bits per heavy atom.